The number of anilines is 1. The maximum Gasteiger partial charge on any atom is 0.252 e. The van der Waals surface area contributed by atoms with Crippen molar-refractivity contribution in [3.8, 4) is 0 Å². The largest absolute Gasteiger partial charge is 0.386 e. The van der Waals surface area contributed by atoms with Crippen LogP contribution in [-0.4, -0.2) is 26.6 Å². The van der Waals surface area contributed by atoms with E-state index in [-0.39, 0.29) is 0 Å². The molecule has 0 aliphatic rings. The highest BCUT2D eigenvalue weighted by molar-refractivity contribution is 5.41. The van der Waals surface area contributed by atoms with Crippen LogP contribution in [0.3, 0.4) is 0 Å². The van der Waals surface area contributed by atoms with Crippen molar-refractivity contribution in [2.75, 3.05) is 12.4 Å². The minimum atomic E-state index is 0.615. The molecule has 2 rings (SSSR count). The van der Waals surface area contributed by atoms with E-state index >= 15 is 0 Å². The van der Waals surface area contributed by atoms with Gasteiger partial charge in [-0.2, -0.15) is 10.1 Å². The summed E-state index contributed by atoms with van der Waals surface area (Å²) in [6.45, 7) is 0. The maximum atomic E-state index is 4.04. The van der Waals surface area contributed by atoms with Crippen LogP contribution in [0.5, 0.6) is 0 Å². The van der Waals surface area contributed by atoms with Crippen LogP contribution in [0, 0.1) is 0 Å². The fourth-order valence-electron chi connectivity index (χ4n) is 0.849. The van der Waals surface area contributed by atoms with Crippen LogP contribution >= 0.6 is 0 Å². The zero-order valence-electron chi connectivity index (χ0n) is 6.02. The van der Waals surface area contributed by atoms with Gasteiger partial charge in [-0.1, -0.05) is 0 Å². The zero-order chi connectivity index (χ0) is 7.68. The lowest BCUT2D eigenvalue weighted by Gasteiger charge is -1.96. The molecule has 0 fully saturated rings. The molecule has 2 aromatic rings. The molecule has 0 atom stereocenters. The molecule has 5 heteroatoms. The molecule has 2 aromatic heterocycles. The standard InChI is InChI=1S/C6H7N5/c1-7-5-2-8-6-9-4-10-11(6)3-5/h2-4,7H,1H3. The summed E-state index contributed by atoms with van der Waals surface area (Å²) < 4.78 is 1.62. The molecule has 11 heavy (non-hydrogen) atoms. The number of hydrogen-bond acceptors (Lipinski definition) is 4. The molecule has 0 saturated carbocycles. The average Bonchev–Trinajstić information content (AvgIpc) is 2.50. The van der Waals surface area contributed by atoms with Crippen LogP contribution in [0.15, 0.2) is 18.7 Å². The van der Waals surface area contributed by atoms with Crippen molar-refractivity contribution < 1.29 is 0 Å². The van der Waals surface area contributed by atoms with Gasteiger partial charge in [0, 0.05) is 7.05 Å². The Balaban J connectivity index is 2.67. The highest BCUT2D eigenvalue weighted by Crippen LogP contribution is 2.02. The van der Waals surface area contributed by atoms with E-state index in [4.69, 9.17) is 0 Å². The van der Waals surface area contributed by atoms with Crippen LogP contribution in [0.1, 0.15) is 0 Å². The van der Waals surface area contributed by atoms with Gasteiger partial charge in [-0.3, -0.25) is 0 Å². The van der Waals surface area contributed by atoms with Gasteiger partial charge in [0.05, 0.1) is 18.1 Å². The molecule has 0 bridgehead atoms. The third kappa shape index (κ3) is 0.899. The summed E-state index contributed by atoms with van der Waals surface area (Å²) in [7, 11) is 1.83. The molecule has 0 unspecified atom stereocenters. The molecule has 0 saturated heterocycles. The molecule has 0 aliphatic heterocycles. The van der Waals surface area contributed by atoms with Crippen LogP contribution < -0.4 is 5.32 Å². The number of fused-ring (bicyclic) bond motifs is 1. The van der Waals surface area contributed by atoms with Gasteiger partial charge in [-0.15, -0.1) is 0 Å². The van der Waals surface area contributed by atoms with Gasteiger partial charge < -0.3 is 5.32 Å². The van der Waals surface area contributed by atoms with Gasteiger partial charge in [0.2, 0.25) is 0 Å². The lowest BCUT2D eigenvalue weighted by atomic mass is 10.5. The summed E-state index contributed by atoms with van der Waals surface area (Å²) in [5.74, 6) is 0.615. The van der Waals surface area contributed by atoms with E-state index < -0.39 is 0 Å². The predicted molar refractivity (Wildman–Crippen MR) is 40.3 cm³/mol. The maximum absolute atomic E-state index is 4.04. The van der Waals surface area contributed by atoms with Gasteiger partial charge >= 0.3 is 0 Å². The second-order valence-electron chi connectivity index (χ2n) is 2.10. The highest BCUT2D eigenvalue weighted by Gasteiger charge is 1.95. The van der Waals surface area contributed by atoms with Gasteiger partial charge in [0.25, 0.3) is 5.78 Å². The number of nitrogens with zero attached hydrogens (tertiary/aromatic N) is 4. The van der Waals surface area contributed by atoms with Crippen molar-refractivity contribution in [1.82, 2.24) is 19.6 Å². The van der Waals surface area contributed by atoms with Gasteiger partial charge in [0.1, 0.15) is 6.33 Å². The Morgan fingerprint density at radius 2 is 2.36 bits per heavy atom. The van der Waals surface area contributed by atoms with Crippen molar-refractivity contribution in [2.24, 2.45) is 0 Å². The van der Waals surface area contributed by atoms with Gasteiger partial charge in [-0.05, 0) is 0 Å². The summed E-state index contributed by atoms with van der Waals surface area (Å²) in [6, 6.07) is 0. The van der Waals surface area contributed by atoms with E-state index in [2.05, 4.69) is 20.4 Å². The predicted octanol–water partition coefficient (Wildman–Crippen LogP) is 0.166. The first kappa shape index (κ1) is 6.09. The normalized spacial score (nSPS) is 10.3. The quantitative estimate of drug-likeness (QED) is 0.627. The molecule has 0 spiro atoms. The van der Waals surface area contributed by atoms with Crippen molar-refractivity contribution in [1.29, 1.82) is 0 Å². The summed E-state index contributed by atoms with van der Waals surface area (Å²) in [6.07, 6.45) is 5.02. The lowest BCUT2D eigenvalue weighted by Crippen LogP contribution is -1.95. The lowest BCUT2D eigenvalue weighted by molar-refractivity contribution is 0.940. The number of hydrogen-bond donors (Lipinski definition) is 1. The Kier molecular flexibility index (Phi) is 1.21. The Morgan fingerprint density at radius 3 is 3.18 bits per heavy atom. The average molecular weight is 149 g/mol. The third-order valence-corrected chi connectivity index (χ3v) is 1.42. The SMILES string of the molecule is CNc1cnc2ncnn2c1. The molecule has 2 heterocycles. The second-order valence-corrected chi connectivity index (χ2v) is 2.10. The van der Waals surface area contributed by atoms with Crippen LogP contribution in [0.4, 0.5) is 5.69 Å². The first-order valence-corrected chi connectivity index (χ1v) is 3.23. The fourth-order valence-corrected chi connectivity index (χ4v) is 0.849. The van der Waals surface area contributed by atoms with E-state index in [1.165, 1.54) is 6.33 Å². The third-order valence-electron chi connectivity index (χ3n) is 1.42. The fraction of sp³-hybridized carbons (Fsp3) is 0.167. The highest BCUT2D eigenvalue weighted by atomic mass is 15.3. The van der Waals surface area contributed by atoms with E-state index in [1.54, 1.807) is 10.7 Å². The molecule has 1 N–H and O–H groups in total. The summed E-state index contributed by atoms with van der Waals surface area (Å²) in [5.41, 5.74) is 0.919. The molecule has 0 amide bonds. The summed E-state index contributed by atoms with van der Waals surface area (Å²) >= 11 is 0. The summed E-state index contributed by atoms with van der Waals surface area (Å²) in [5, 5.41) is 6.89. The van der Waals surface area contributed by atoms with Crippen molar-refractivity contribution >= 4 is 11.5 Å². The Hall–Kier alpha value is -1.65. The molecule has 56 valence electrons. The van der Waals surface area contributed by atoms with Crippen LogP contribution in [-0.2, 0) is 0 Å². The number of nitrogens with one attached hydrogen (secondary N) is 1. The van der Waals surface area contributed by atoms with Crippen LogP contribution in [0.2, 0.25) is 0 Å². The van der Waals surface area contributed by atoms with E-state index in [9.17, 15) is 0 Å². The molecule has 0 radical (unpaired) electrons. The molecular formula is C6H7N5. The second kappa shape index (κ2) is 2.19. The first-order chi connectivity index (χ1) is 5.40. The van der Waals surface area contributed by atoms with Crippen molar-refractivity contribution in [3.05, 3.63) is 18.7 Å². The number of rotatable bonds is 1. The van der Waals surface area contributed by atoms with E-state index in [0.717, 1.165) is 5.69 Å². The minimum absolute atomic E-state index is 0.615. The van der Waals surface area contributed by atoms with Gasteiger partial charge in [-0.25, -0.2) is 9.50 Å². The van der Waals surface area contributed by atoms with Crippen molar-refractivity contribution in [2.45, 2.75) is 0 Å². The molecular weight excluding hydrogens is 142 g/mol. The Bertz CT molecular complexity index is 366. The molecule has 5 nitrogen and oxygen atoms in total. The van der Waals surface area contributed by atoms with Crippen LogP contribution in [0.25, 0.3) is 5.78 Å². The Labute approximate surface area is 63.1 Å². The topological polar surface area (TPSA) is 55.1 Å². The smallest absolute Gasteiger partial charge is 0.252 e. The van der Waals surface area contributed by atoms with Gasteiger partial charge in [0.15, 0.2) is 0 Å². The minimum Gasteiger partial charge on any atom is -0.386 e. The molecule has 0 aromatic carbocycles. The summed E-state index contributed by atoms with van der Waals surface area (Å²) in [4.78, 5) is 7.95. The number of aromatic nitrogens is 4. The monoisotopic (exact) mass is 149 g/mol. The van der Waals surface area contributed by atoms with E-state index in [0.29, 0.717) is 5.78 Å². The van der Waals surface area contributed by atoms with Crippen molar-refractivity contribution in [3.63, 3.8) is 0 Å². The Morgan fingerprint density at radius 1 is 1.45 bits per heavy atom. The van der Waals surface area contributed by atoms with E-state index in [1.807, 2.05) is 13.2 Å². The first-order valence-electron chi connectivity index (χ1n) is 3.23. The molecule has 0 aliphatic carbocycles. The zero-order valence-corrected chi connectivity index (χ0v) is 6.02.